The van der Waals surface area contributed by atoms with Gasteiger partial charge in [-0.2, -0.15) is 12.6 Å². The Morgan fingerprint density at radius 3 is 2.33 bits per heavy atom. The Balaban J connectivity index is 3.02. The summed E-state index contributed by atoms with van der Waals surface area (Å²) in [5.74, 6) is 2.10. The predicted molar refractivity (Wildman–Crippen MR) is 72.2 cm³/mol. The molecule has 0 bridgehead atoms. The van der Waals surface area contributed by atoms with E-state index < -0.39 is 0 Å². The highest BCUT2D eigenvalue weighted by Gasteiger charge is 2.16. The first-order valence-electron chi connectivity index (χ1n) is 5.45. The lowest BCUT2D eigenvalue weighted by atomic mass is 9.89. The monoisotopic (exact) mass is 223 g/mol. The first kappa shape index (κ1) is 12.4. The molecule has 0 amide bonds. The third kappa shape index (κ3) is 2.91. The summed E-state index contributed by atoms with van der Waals surface area (Å²) in [6, 6.07) is 8.61. The second-order valence-corrected chi connectivity index (χ2v) is 4.77. The number of para-hydroxylation sites is 1. The Labute approximate surface area is 98.9 Å². The molecule has 1 aromatic carbocycles. The van der Waals surface area contributed by atoms with Crippen molar-refractivity contribution in [2.24, 2.45) is 5.92 Å². The Morgan fingerprint density at radius 2 is 1.80 bits per heavy atom. The van der Waals surface area contributed by atoms with Crippen LogP contribution in [-0.4, -0.2) is 19.8 Å². The van der Waals surface area contributed by atoms with Crippen molar-refractivity contribution in [1.29, 1.82) is 0 Å². The van der Waals surface area contributed by atoms with E-state index in [1.807, 2.05) is 0 Å². The van der Waals surface area contributed by atoms with Gasteiger partial charge in [0.25, 0.3) is 0 Å². The maximum atomic E-state index is 4.38. The minimum Gasteiger partial charge on any atom is -0.377 e. The second kappa shape index (κ2) is 5.45. The van der Waals surface area contributed by atoms with E-state index in [1.54, 1.807) is 0 Å². The SMILES string of the molecule is CC(CS)C(C)c1ccccc1N(C)C. The summed E-state index contributed by atoms with van der Waals surface area (Å²) in [6.07, 6.45) is 0. The molecule has 0 saturated heterocycles. The molecule has 84 valence electrons. The van der Waals surface area contributed by atoms with Crippen LogP contribution in [0.2, 0.25) is 0 Å². The minimum atomic E-state index is 0.557. The maximum absolute atomic E-state index is 4.38. The van der Waals surface area contributed by atoms with Crippen LogP contribution in [0.1, 0.15) is 25.3 Å². The number of rotatable bonds is 4. The molecule has 0 aliphatic carbocycles. The van der Waals surface area contributed by atoms with Crippen LogP contribution < -0.4 is 4.90 Å². The van der Waals surface area contributed by atoms with Gasteiger partial charge in [-0.25, -0.2) is 0 Å². The van der Waals surface area contributed by atoms with Gasteiger partial charge in [-0.15, -0.1) is 0 Å². The fourth-order valence-corrected chi connectivity index (χ4v) is 2.06. The summed E-state index contributed by atoms with van der Waals surface area (Å²) in [5, 5.41) is 0. The lowest BCUT2D eigenvalue weighted by molar-refractivity contribution is 0.545. The van der Waals surface area contributed by atoms with Gasteiger partial charge in [0.1, 0.15) is 0 Å². The molecule has 1 aromatic rings. The molecule has 0 N–H and O–H groups in total. The maximum Gasteiger partial charge on any atom is 0.0396 e. The van der Waals surface area contributed by atoms with Crippen LogP contribution in [-0.2, 0) is 0 Å². The first-order chi connectivity index (χ1) is 7.07. The predicted octanol–water partition coefficient (Wildman–Crippen LogP) is 3.42. The van der Waals surface area contributed by atoms with Crippen molar-refractivity contribution in [3.8, 4) is 0 Å². The molecule has 0 radical (unpaired) electrons. The Morgan fingerprint density at radius 1 is 1.20 bits per heavy atom. The molecular weight excluding hydrogens is 202 g/mol. The van der Waals surface area contributed by atoms with Crippen LogP contribution in [0.15, 0.2) is 24.3 Å². The number of benzene rings is 1. The Hall–Kier alpha value is -0.630. The van der Waals surface area contributed by atoms with Crippen molar-refractivity contribution >= 4 is 18.3 Å². The number of nitrogens with zero attached hydrogens (tertiary/aromatic N) is 1. The van der Waals surface area contributed by atoms with Crippen molar-refractivity contribution in [2.45, 2.75) is 19.8 Å². The standard InChI is InChI=1S/C13H21NS/c1-10(9-15)11(2)12-7-5-6-8-13(12)14(3)4/h5-8,10-11,15H,9H2,1-4H3. The first-order valence-corrected chi connectivity index (χ1v) is 6.08. The van der Waals surface area contributed by atoms with Crippen LogP contribution >= 0.6 is 12.6 Å². The van der Waals surface area contributed by atoms with E-state index in [4.69, 9.17) is 0 Å². The number of thiol groups is 1. The fraction of sp³-hybridized carbons (Fsp3) is 0.538. The average molecular weight is 223 g/mol. The molecule has 1 nitrogen and oxygen atoms in total. The Bertz CT molecular complexity index is 309. The third-order valence-corrected chi connectivity index (χ3v) is 3.63. The summed E-state index contributed by atoms with van der Waals surface area (Å²) >= 11 is 4.38. The van der Waals surface area contributed by atoms with E-state index in [-0.39, 0.29) is 0 Å². The summed E-state index contributed by atoms with van der Waals surface area (Å²) in [6.45, 7) is 4.54. The molecule has 1 rings (SSSR count). The van der Waals surface area contributed by atoms with Crippen LogP contribution in [0.25, 0.3) is 0 Å². The van der Waals surface area contributed by atoms with E-state index in [1.165, 1.54) is 11.3 Å². The number of anilines is 1. The molecule has 0 spiro atoms. The van der Waals surface area contributed by atoms with Crippen molar-refractivity contribution in [3.05, 3.63) is 29.8 Å². The van der Waals surface area contributed by atoms with Gasteiger partial charge >= 0.3 is 0 Å². The molecule has 0 heterocycles. The minimum absolute atomic E-state index is 0.557. The van der Waals surface area contributed by atoms with Crippen LogP contribution in [0, 0.1) is 5.92 Å². The largest absolute Gasteiger partial charge is 0.377 e. The van der Waals surface area contributed by atoms with Crippen LogP contribution in [0.3, 0.4) is 0 Å². The summed E-state index contributed by atoms with van der Waals surface area (Å²) in [5.41, 5.74) is 2.74. The molecule has 0 fully saturated rings. The molecule has 2 unspecified atom stereocenters. The van der Waals surface area contributed by atoms with Gasteiger partial charge in [-0.3, -0.25) is 0 Å². The van der Waals surface area contributed by atoms with Gasteiger partial charge in [-0.1, -0.05) is 32.0 Å². The lowest BCUT2D eigenvalue weighted by Crippen LogP contribution is -2.15. The van der Waals surface area contributed by atoms with E-state index in [9.17, 15) is 0 Å². The highest BCUT2D eigenvalue weighted by molar-refractivity contribution is 7.80. The van der Waals surface area contributed by atoms with Gasteiger partial charge in [0.2, 0.25) is 0 Å². The molecule has 0 aromatic heterocycles. The molecule has 2 heteroatoms. The zero-order valence-electron chi connectivity index (χ0n) is 10.1. The zero-order valence-corrected chi connectivity index (χ0v) is 11.0. The normalized spacial score (nSPS) is 14.7. The highest BCUT2D eigenvalue weighted by Crippen LogP contribution is 2.31. The van der Waals surface area contributed by atoms with E-state index >= 15 is 0 Å². The molecule has 0 saturated carbocycles. The molecule has 0 aliphatic rings. The van der Waals surface area contributed by atoms with Crippen LogP contribution in [0.5, 0.6) is 0 Å². The molecular formula is C13H21NS. The zero-order chi connectivity index (χ0) is 11.4. The van der Waals surface area contributed by atoms with Gasteiger partial charge < -0.3 is 4.90 Å². The molecule has 0 aliphatic heterocycles. The van der Waals surface area contributed by atoms with E-state index in [0.717, 1.165) is 5.75 Å². The van der Waals surface area contributed by atoms with Crippen LogP contribution in [0.4, 0.5) is 5.69 Å². The van der Waals surface area contributed by atoms with Crippen molar-refractivity contribution < 1.29 is 0 Å². The second-order valence-electron chi connectivity index (χ2n) is 4.40. The smallest absolute Gasteiger partial charge is 0.0396 e. The van der Waals surface area contributed by atoms with Crippen molar-refractivity contribution in [1.82, 2.24) is 0 Å². The topological polar surface area (TPSA) is 3.24 Å². The molecule has 15 heavy (non-hydrogen) atoms. The molecule has 2 atom stereocenters. The van der Waals surface area contributed by atoms with Crippen molar-refractivity contribution in [2.75, 3.05) is 24.7 Å². The lowest BCUT2D eigenvalue weighted by Gasteiger charge is -2.24. The fourth-order valence-electron chi connectivity index (χ4n) is 1.74. The number of hydrogen-bond acceptors (Lipinski definition) is 2. The summed E-state index contributed by atoms with van der Waals surface area (Å²) in [7, 11) is 4.19. The van der Waals surface area contributed by atoms with Gasteiger partial charge in [0.05, 0.1) is 0 Å². The summed E-state index contributed by atoms with van der Waals surface area (Å²) < 4.78 is 0. The number of hydrogen-bond donors (Lipinski definition) is 1. The quantitative estimate of drug-likeness (QED) is 0.766. The van der Waals surface area contributed by atoms with Crippen molar-refractivity contribution in [3.63, 3.8) is 0 Å². The van der Waals surface area contributed by atoms with E-state index in [2.05, 4.69) is 69.7 Å². The third-order valence-electron chi connectivity index (χ3n) is 3.05. The Kier molecular flexibility index (Phi) is 4.52. The van der Waals surface area contributed by atoms with Gasteiger partial charge in [-0.05, 0) is 29.2 Å². The summed E-state index contributed by atoms with van der Waals surface area (Å²) in [4.78, 5) is 2.18. The van der Waals surface area contributed by atoms with Gasteiger partial charge in [0, 0.05) is 19.8 Å². The van der Waals surface area contributed by atoms with Gasteiger partial charge in [0.15, 0.2) is 0 Å². The van der Waals surface area contributed by atoms with E-state index in [0.29, 0.717) is 11.8 Å². The average Bonchev–Trinajstić information content (AvgIpc) is 2.27. The highest BCUT2D eigenvalue weighted by atomic mass is 32.1.